The molecule has 1 amide bonds. The van der Waals surface area contributed by atoms with E-state index >= 15 is 0 Å². The summed E-state index contributed by atoms with van der Waals surface area (Å²) in [5, 5.41) is 0. The highest BCUT2D eigenvalue weighted by Crippen LogP contribution is 2.39. The first-order valence-electron chi connectivity index (χ1n) is 16.5. The van der Waals surface area contributed by atoms with Crippen molar-refractivity contribution < 1.29 is 23.8 Å². The first-order valence-corrected chi connectivity index (χ1v) is 16.5. The molecule has 1 atom stereocenters. The monoisotopic (exact) mass is 626 g/mol. The van der Waals surface area contributed by atoms with E-state index in [0.29, 0.717) is 36.0 Å². The van der Waals surface area contributed by atoms with E-state index in [1.807, 2.05) is 77.8 Å². The molecule has 0 unspecified atom stereocenters. The maximum absolute atomic E-state index is 13.1. The molecule has 0 aromatic heterocycles. The van der Waals surface area contributed by atoms with Crippen LogP contribution >= 0.6 is 0 Å². The summed E-state index contributed by atoms with van der Waals surface area (Å²) in [6, 6.07) is 27.4. The molecule has 1 saturated heterocycles. The number of amides is 1. The molecule has 4 aromatic rings. The number of ketones is 1. The number of carbonyl (C=O) groups excluding carboxylic acids is 2. The molecule has 0 bridgehead atoms. The lowest BCUT2D eigenvalue weighted by molar-refractivity contribution is 0.0774. The molecular weight excluding hydrogens is 588 g/mol. The van der Waals surface area contributed by atoms with Crippen LogP contribution in [-0.2, 0) is 0 Å². The summed E-state index contributed by atoms with van der Waals surface area (Å²) in [6.07, 6.45) is 9.89. The van der Waals surface area contributed by atoms with Gasteiger partial charge in [0.05, 0.1) is 37.6 Å². The summed E-state index contributed by atoms with van der Waals surface area (Å²) in [7, 11) is 1.60. The van der Waals surface area contributed by atoms with Crippen LogP contribution in [0.1, 0.15) is 81.5 Å². The lowest BCUT2D eigenvalue weighted by Crippen LogP contribution is -2.35. The number of unbranched alkanes of at least 4 members (excludes halogenated alkanes) is 3. The van der Waals surface area contributed by atoms with Crippen molar-refractivity contribution in [3.63, 3.8) is 0 Å². The van der Waals surface area contributed by atoms with Crippen molar-refractivity contribution in [1.29, 1.82) is 0 Å². The van der Waals surface area contributed by atoms with Crippen LogP contribution in [-0.4, -0.2) is 55.7 Å². The third kappa shape index (κ3) is 6.30. The molecule has 2 aliphatic heterocycles. The largest absolute Gasteiger partial charge is 0.494 e. The van der Waals surface area contributed by atoms with Gasteiger partial charge >= 0.3 is 0 Å². The quantitative estimate of drug-likeness (QED) is 0.138. The average Bonchev–Trinajstić information content (AvgIpc) is 3.54. The minimum atomic E-state index is 0.0100. The molecular formula is C40H38N2O5. The molecule has 47 heavy (non-hydrogen) atoms. The minimum Gasteiger partial charge on any atom is -0.494 e. The van der Waals surface area contributed by atoms with Crippen molar-refractivity contribution in [2.24, 2.45) is 4.99 Å². The van der Waals surface area contributed by atoms with Crippen molar-refractivity contribution >= 4 is 35.2 Å². The molecule has 7 heteroatoms. The molecule has 1 aliphatic carbocycles. The Kier molecular flexibility index (Phi) is 8.87. The van der Waals surface area contributed by atoms with E-state index in [1.165, 1.54) is 0 Å². The molecule has 7 rings (SSSR count). The van der Waals surface area contributed by atoms with Gasteiger partial charge in [-0.1, -0.05) is 60.7 Å². The summed E-state index contributed by atoms with van der Waals surface area (Å²) in [4.78, 5) is 32.6. The molecule has 0 radical (unpaired) electrons. The van der Waals surface area contributed by atoms with Crippen molar-refractivity contribution in [3.05, 3.63) is 118 Å². The number of aliphatic imine (C=N–C) groups is 1. The van der Waals surface area contributed by atoms with Crippen LogP contribution in [0.25, 0.3) is 11.6 Å². The van der Waals surface area contributed by atoms with Crippen molar-refractivity contribution in [2.75, 3.05) is 26.9 Å². The van der Waals surface area contributed by atoms with Gasteiger partial charge in [-0.25, -0.2) is 0 Å². The molecule has 0 saturated carbocycles. The normalized spacial score (nSPS) is 16.1. The number of fused-ring (bicyclic) bond motifs is 4. The lowest BCUT2D eigenvalue weighted by Gasteiger charge is -2.21. The topological polar surface area (TPSA) is 77.4 Å². The maximum atomic E-state index is 13.1. The van der Waals surface area contributed by atoms with Crippen LogP contribution in [0.2, 0.25) is 0 Å². The molecule has 1 fully saturated rings. The van der Waals surface area contributed by atoms with Gasteiger partial charge < -0.3 is 19.1 Å². The summed E-state index contributed by atoms with van der Waals surface area (Å²) >= 11 is 0. The highest BCUT2D eigenvalue weighted by molar-refractivity contribution is 6.20. The van der Waals surface area contributed by atoms with Crippen LogP contribution in [0.15, 0.2) is 89.9 Å². The predicted octanol–water partition coefficient (Wildman–Crippen LogP) is 8.17. The van der Waals surface area contributed by atoms with Gasteiger partial charge in [-0.05, 0) is 85.1 Å². The summed E-state index contributed by atoms with van der Waals surface area (Å²) in [5.74, 6) is 2.10. The number of hydrogen-bond donors (Lipinski definition) is 0. The lowest BCUT2D eigenvalue weighted by atomic mass is 9.81. The van der Waals surface area contributed by atoms with E-state index in [1.54, 1.807) is 13.2 Å². The summed E-state index contributed by atoms with van der Waals surface area (Å²) in [5.41, 5.74) is 6.72. The second-order valence-electron chi connectivity index (χ2n) is 12.2. The molecule has 7 nitrogen and oxygen atoms in total. The van der Waals surface area contributed by atoms with Crippen LogP contribution in [0.4, 0.5) is 5.69 Å². The number of nitrogens with zero attached hydrogens (tertiary/aromatic N) is 2. The first-order chi connectivity index (χ1) is 23.1. The predicted molar refractivity (Wildman–Crippen MR) is 184 cm³/mol. The average molecular weight is 627 g/mol. The van der Waals surface area contributed by atoms with Gasteiger partial charge in [0.15, 0.2) is 17.3 Å². The van der Waals surface area contributed by atoms with Gasteiger partial charge in [-0.2, -0.15) is 0 Å². The second kappa shape index (κ2) is 13.7. The maximum Gasteiger partial charge on any atom is 0.256 e. The Bertz CT molecular complexity index is 1810. The minimum absolute atomic E-state index is 0.0100. The van der Waals surface area contributed by atoms with Gasteiger partial charge in [0.25, 0.3) is 5.91 Å². The number of ether oxygens (including phenoxy) is 3. The number of benzene rings is 4. The standard InChI is InChI=1S/C40H38N2O5/c1-45-37-24-35-36(41-26-28-11-10-20-42(28)40(35)44)25-38(37)47-22-9-3-2-8-21-46-29-18-16-27(17-19-29)23-34-30-12-4-6-14-32(30)39(43)33-15-7-5-13-31(33)34/h4-7,12-19,23-26,28H,2-3,8-11,20-22H2,1H3/t28-/m0/s1. The fourth-order valence-corrected chi connectivity index (χ4v) is 6.65. The molecule has 3 aliphatic rings. The highest BCUT2D eigenvalue weighted by atomic mass is 16.5. The van der Waals surface area contributed by atoms with Gasteiger partial charge in [0, 0.05) is 30.0 Å². The number of rotatable bonds is 11. The fraction of sp³-hybridized carbons (Fsp3) is 0.275. The third-order valence-corrected chi connectivity index (χ3v) is 9.14. The Morgan fingerprint density at radius 2 is 1.43 bits per heavy atom. The zero-order valence-corrected chi connectivity index (χ0v) is 26.6. The van der Waals surface area contributed by atoms with E-state index in [2.05, 4.69) is 23.2 Å². The van der Waals surface area contributed by atoms with Crippen molar-refractivity contribution in [1.82, 2.24) is 4.90 Å². The zero-order valence-electron chi connectivity index (χ0n) is 26.6. The highest BCUT2D eigenvalue weighted by Gasteiger charge is 2.32. The van der Waals surface area contributed by atoms with E-state index in [9.17, 15) is 9.59 Å². The number of methoxy groups -OCH3 is 1. The molecule has 0 N–H and O–H groups in total. The first kappa shape index (κ1) is 30.5. The van der Waals surface area contributed by atoms with Crippen LogP contribution in [0, 0.1) is 0 Å². The van der Waals surface area contributed by atoms with Gasteiger partial charge in [0.1, 0.15) is 5.75 Å². The van der Waals surface area contributed by atoms with Gasteiger partial charge in [-0.3, -0.25) is 14.6 Å². The molecule has 238 valence electrons. The van der Waals surface area contributed by atoms with E-state index in [4.69, 9.17) is 14.2 Å². The molecule has 2 heterocycles. The van der Waals surface area contributed by atoms with Crippen LogP contribution in [0.3, 0.4) is 0 Å². The van der Waals surface area contributed by atoms with E-state index < -0.39 is 0 Å². The van der Waals surface area contributed by atoms with E-state index in [0.717, 1.165) is 84.2 Å². The van der Waals surface area contributed by atoms with Crippen molar-refractivity contribution in [3.8, 4) is 17.2 Å². The van der Waals surface area contributed by atoms with Crippen LogP contribution < -0.4 is 14.2 Å². The molecule has 0 spiro atoms. The Morgan fingerprint density at radius 3 is 2.11 bits per heavy atom. The Labute approximate surface area is 275 Å². The Morgan fingerprint density at radius 1 is 0.766 bits per heavy atom. The smallest absolute Gasteiger partial charge is 0.256 e. The number of hydrogen-bond acceptors (Lipinski definition) is 6. The summed E-state index contributed by atoms with van der Waals surface area (Å²) in [6.45, 7) is 1.97. The van der Waals surface area contributed by atoms with Gasteiger partial charge in [-0.15, -0.1) is 0 Å². The van der Waals surface area contributed by atoms with Gasteiger partial charge in [0.2, 0.25) is 0 Å². The Balaban J connectivity index is 0.881. The summed E-state index contributed by atoms with van der Waals surface area (Å²) < 4.78 is 17.7. The van der Waals surface area contributed by atoms with Crippen LogP contribution in [0.5, 0.6) is 17.2 Å². The fourth-order valence-electron chi connectivity index (χ4n) is 6.65. The second-order valence-corrected chi connectivity index (χ2v) is 12.2. The molecule has 4 aromatic carbocycles. The van der Waals surface area contributed by atoms with Crippen molar-refractivity contribution in [2.45, 2.75) is 44.6 Å². The van der Waals surface area contributed by atoms with E-state index in [-0.39, 0.29) is 17.7 Å². The Hall–Kier alpha value is -5.17. The SMILES string of the molecule is COc1cc2c(cc1OCCCCCCOc1ccc(C=C3c4ccccc4C(=O)c4ccccc43)cc1)N=C[C@@H]1CCCN1C2=O. The zero-order chi connectivity index (χ0) is 32.2. The number of carbonyl (C=O) groups is 2. The third-order valence-electron chi connectivity index (χ3n) is 9.14.